The Hall–Kier alpha value is -0.350. The molecule has 14 heavy (non-hydrogen) atoms. The zero-order valence-electron chi connectivity index (χ0n) is 8.77. The van der Waals surface area contributed by atoms with Crippen LogP contribution in [0.1, 0.15) is 26.2 Å². The highest BCUT2D eigenvalue weighted by atomic mass is 32.2. The molecule has 0 heterocycles. The Morgan fingerprint density at radius 2 is 2.07 bits per heavy atom. The monoisotopic (exact) mass is 218 g/mol. The van der Waals surface area contributed by atoms with Crippen molar-refractivity contribution in [3.8, 4) is 0 Å². The summed E-state index contributed by atoms with van der Waals surface area (Å²) in [5, 5.41) is 0. The molecule has 0 spiro atoms. The topological polar surface area (TPSA) is 43.4 Å². The molecule has 4 heteroatoms. The molecule has 0 unspecified atom stereocenters. The summed E-state index contributed by atoms with van der Waals surface area (Å²) in [6, 6.07) is 0. The minimum atomic E-state index is -3.32. The van der Waals surface area contributed by atoms with Gasteiger partial charge in [-0.15, -0.1) is 6.58 Å². The van der Waals surface area contributed by atoms with Crippen LogP contribution in [0.5, 0.6) is 0 Å². The van der Waals surface area contributed by atoms with E-state index in [2.05, 4.69) is 6.58 Å². The zero-order chi connectivity index (χ0) is 10.8. The second-order valence-electron chi connectivity index (χ2n) is 4.03. The largest absolute Gasteiger partial charge is 0.267 e. The standard InChI is InChI=1S/C10H18O3S/c1-4-9-6-5-7-10(8(9)2)13-14(3,11)12/h4,8-10H,1,5-7H2,2-3H3/t8-,9+,10+/m0/s1. The van der Waals surface area contributed by atoms with E-state index in [9.17, 15) is 8.42 Å². The lowest BCUT2D eigenvalue weighted by molar-refractivity contribution is 0.0854. The number of hydrogen-bond acceptors (Lipinski definition) is 3. The van der Waals surface area contributed by atoms with Crippen LogP contribution in [0.25, 0.3) is 0 Å². The minimum absolute atomic E-state index is 0.165. The highest BCUT2D eigenvalue weighted by Gasteiger charge is 2.30. The first-order chi connectivity index (χ1) is 6.44. The van der Waals surface area contributed by atoms with E-state index in [1.54, 1.807) is 0 Å². The molecule has 1 aliphatic rings. The van der Waals surface area contributed by atoms with Gasteiger partial charge in [0.2, 0.25) is 0 Å². The summed E-state index contributed by atoms with van der Waals surface area (Å²) < 4.78 is 27.0. The van der Waals surface area contributed by atoms with Crippen molar-refractivity contribution in [3.63, 3.8) is 0 Å². The van der Waals surface area contributed by atoms with E-state index in [0.29, 0.717) is 5.92 Å². The summed E-state index contributed by atoms with van der Waals surface area (Å²) in [4.78, 5) is 0. The van der Waals surface area contributed by atoms with E-state index in [0.717, 1.165) is 25.5 Å². The number of rotatable bonds is 3. The Kier molecular flexibility index (Phi) is 3.72. The van der Waals surface area contributed by atoms with Crippen LogP contribution in [-0.4, -0.2) is 20.8 Å². The second-order valence-corrected chi connectivity index (χ2v) is 5.63. The Labute approximate surface area is 86.3 Å². The SMILES string of the molecule is C=C[C@@H]1CCC[C@@H](OS(C)(=O)=O)[C@H]1C. The molecule has 3 nitrogen and oxygen atoms in total. The normalized spacial score (nSPS) is 34.0. The molecule has 1 aliphatic carbocycles. The van der Waals surface area contributed by atoms with Gasteiger partial charge < -0.3 is 0 Å². The quantitative estimate of drug-likeness (QED) is 0.537. The lowest BCUT2D eigenvalue weighted by atomic mass is 9.78. The molecule has 0 N–H and O–H groups in total. The lowest BCUT2D eigenvalue weighted by Gasteiger charge is -2.33. The van der Waals surface area contributed by atoms with Crippen LogP contribution in [0.2, 0.25) is 0 Å². The van der Waals surface area contributed by atoms with Crippen molar-refractivity contribution < 1.29 is 12.6 Å². The Bertz CT molecular complexity index is 294. The second kappa shape index (κ2) is 4.45. The fourth-order valence-electron chi connectivity index (χ4n) is 2.05. The van der Waals surface area contributed by atoms with Crippen molar-refractivity contribution in [2.45, 2.75) is 32.3 Å². The summed E-state index contributed by atoms with van der Waals surface area (Å²) in [6.07, 6.45) is 5.79. The van der Waals surface area contributed by atoms with Crippen LogP contribution in [0.4, 0.5) is 0 Å². The van der Waals surface area contributed by atoms with Crippen LogP contribution in [0.3, 0.4) is 0 Å². The first-order valence-electron chi connectivity index (χ1n) is 4.95. The van der Waals surface area contributed by atoms with Crippen molar-refractivity contribution in [1.29, 1.82) is 0 Å². The maximum Gasteiger partial charge on any atom is 0.264 e. The molecular weight excluding hydrogens is 200 g/mol. The predicted molar refractivity (Wildman–Crippen MR) is 56.4 cm³/mol. The molecular formula is C10H18O3S. The molecule has 0 aromatic heterocycles. The Morgan fingerprint density at radius 1 is 1.43 bits per heavy atom. The first-order valence-corrected chi connectivity index (χ1v) is 6.76. The lowest BCUT2D eigenvalue weighted by Crippen LogP contribution is -2.33. The van der Waals surface area contributed by atoms with Gasteiger partial charge in [-0.25, -0.2) is 0 Å². The van der Waals surface area contributed by atoms with Crippen LogP contribution >= 0.6 is 0 Å². The molecule has 0 aromatic rings. The first kappa shape index (κ1) is 11.7. The molecule has 1 rings (SSSR count). The molecule has 0 aliphatic heterocycles. The van der Waals surface area contributed by atoms with Crippen LogP contribution in [0, 0.1) is 11.8 Å². The molecule has 0 radical (unpaired) electrons. The fraction of sp³-hybridized carbons (Fsp3) is 0.800. The number of hydrogen-bond donors (Lipinski definition) is 0. The minimum Gasteiger partial charge on any atom is -0.267 e. The summed E-state index contributed by atoms with van der Waals surface area (Å²) in [5.74, 6) is 0.631. The molecule has 82 valence electrons. The van der Waals surface area contributed by atoms with Gasteiger partial charge in [0.15, 0.2) is 0 Å². The van der Waals surface area contributed by atoms with Gasteiger partial charge >= 0.3 is 0 Å². The molecule has 0 aromatic carbocycles. The maximum absolute atomic E-state index is 11.0. The third-order valence-corrected chi connectivity index (χ3v) is 3.49. The fourth-order valence-corrected chi connectivity index (χ4v) is 2.77. The summed E-state index contributed by atoms with van der Waals surface area (Å²) in [6.45, 7) is 5.79. The Balaban J connectivity index is 2.65. The molecule has 1 saturated carbocycles. The van der Waals surface area contributed by atoms with Crippen molar-refractivity contribution in [2.24, 2.45) is 11.8 Å². The van der Waals surface area contributed by atoms with Gasteiger partial charge in [0.25, 0.3) is 10.1 Å². The van der Waals surface area contributed by atoms with Crippen molar-refractivity contribution in [2.75, 3.05) is 6.26 Å². The average Bonchev–Trinajstić information content (AvgIpc) is 2.06. The molecule has 0 bridgehead atoms. The van der Waals surface area contributed by atoms with Gasteiger partial charge in [-0.05, 0) is 24.7 Å². The summed E-state index contributed by atoms with van der Waals surface area (Å²) in [7, 11) is -3.32. The van der Waals surface area contributed by atoms with E-state index >= 15 is 0 Å². The zero-order valence-corrected chi connectivity index (χ0v) is 9.59. The van der Waals surface area contributed by atoms with Crippen molar-refractivity contribution in [3.05, 3.63) is 12.7 Å². The highest BCUT2D eigenvalue weighted by Crippen LogP contribution is 2.33. The van der Waals surface area contributed by atoms with E-state index < -0.39 is 10.1 Å². The van der Waals surface area contributed by atoms with E-state index in [1.165, 1.54) is 0 Å². The van der Waals surface area contributed by atoms with Gasteiger partial charge in [0.05, 0.1) is 12.4 Å². The van der Waals surface area contributed by atoms with Crippen molar-refractivity contribution >= 4 is 10.1 Å². The van der Waals surface area contributed by atoms with Crippen molar-refractivity contribution in [1.82, 2.24) is 0 Å². The van der Waals surface area contributed by atoms with Crippen LogP contribution < -0.4 is 0 Å². The molecule has 0 amide bonds. The van der Waals surface area contributed by atoms with Crippen LogP contribution in [-0.2, 0) is 14.3 Å². The summed E-state index contributed by atoms with van der Waals surface area (Å²) in [5.41, 5.74) is 0. The molecule has 0 saturated heterocycles. The predicted octanol–water partition coefficient (Wildman–Crippen LogP) is 1.95. The molecule has 1 fully saturated rings. The third kappa shape index (κ3) is 3.10. The van der Waals surface area contributed by atoms with E-state index in [-0.39, 0.29) is 12.0 Å². The Morgan fingerprint density at radius 3 is 2.57 bits per heavy atom. The smallest absolute Gasteiger partial charge is 0.264 e. The van der Waals surface area contributed by atoms with Crippen LogP contribution in [0.15, 0.2) is 12.7 Å². The molecule has 3 atom stereocenters. The highest BCUT2D eigenvalue weighted by molar-refractivity contribution is 7.86. The van der Waals surface area contributed by atoms with E-state index in [1.807, 2.05) is 13.0 Å². The summed E-state index contributed by atoms with van der Waals surface area (Å²) >= 11 is 0. The average molecular weight is 218 g/mol. The van der Waals surface area contributed by atoms with Gasteiger partial charge in [-0.2, -0.15) is 8.42 Å². The van der Waals surface area contributed by atoms with Gasteiger partial charge in [-0.3, -0.25) is 4.18 Å². The van der Waals surface area contributed by atoms with Gasteiger partial charge in [0.1, 0.15) is 0 Å². The third-order valence-electron chi connectivity index (χ3n) is 2.89. The van der Waals surface area contributed by atoms with E-state index in [4.69, 9.17) is 4.18 Å². The van der Waals surface area contributed by atoms with Gasteiger partial charge in [0, 0.05) is 0 Å². The maximum atomic E-state index is 11.0. The number of allylic oxidation sites excluding steroid dienone is 1. The van der Waals surface area contributed by atoms with Gasteiger partial charge in [-0.1, -0.05) is 19.4 Å².